The van der Waals surface area contributed by atoms with E-state index in [0.29, 0.717) is 6.61 Å². The van der Waals surface area contributed by atoms with Crippen molar-refractivity contribution in [3.63, 3.8) is 0 Å². The Morgan fingerprint density at radius 3 is 2.79 bits per heavy atom. The summed E-state index contributed by atoms with van der Waals surface area (Å²) in [6.07, 6.45) is -0.194. The van der Waals surface area contributed by atoms with E-state index in [4.69, 9.17) is 10.5 Å². The van der Waals surface area contributed by atoms with Crippen molar-refractivity contribution in [2.45, 2.75) is 30.9 Å². The topological polar surface area (TPSA) is 72.6 Å². The Hall–Kier alpha value is -1.18. The summed E-state index contributed by atoms with van der Waals surface area (Å²) in [6.45, 7) is 4.09. The lowest BCUT2D eigenvalue weighted by atomic mass is 10.2. The van der Waals surface area contributed by atoms with E-state index in [2.05, 4.69) is 0 Å². The number of para-hydroxylation sites is 1. The first kappa shape index (κ1) is 14.2. The van der Waals surface area contributed by atoms with Gasteiger partial charge in [-0.3, -0.25) is 0 Å². The Labute approximate surface area is 112 Å². The summed E-state index contributed by atoms with van der Waals surface area (Å²) in [4.78, 5) is -0.187. The third-order valence-corrected chi connectivity index (χ3v) is 5.19. The summed E-state index contributed by atoms with van der Waals surface area (Å²) in [5.74, 6) is -0.727. The van der Waals surface area contributed by atoms with Crippen molar-refractivity contribution in [3.8, 4) is 0 Å². The van der Waals surface area contributed by atoms with Crippen LogP contribution in [0.1, 0.15) is 13.8 Å². The fourth-order valence-electron chi connectivity index (χ4n) is 2.08. The Bertz CT molecular complexity index is 576. The van der Waals surface area contributed by atoms with Gasteiger partial charge in [0.2, 0.25) is 10.0 Å². The van der Waals surface area contributed by atoms with Crippen molar-refractivity contribution in [3.05, 3.63) is 24.0 Å². The highest BCUT2D eigenvalue weighted by atomic mass is 32.2. The number of hydrogen-bond donors (Lipinski definition) is 1. The molecule has 2 rings (SSSR count). The Kier molecular flexibility index (Phi) is 3.80. The molecule has 1 aliphatic heterocycles. The highest BCUT2D eigenvalue weighted by Gasteiger charge is 2.35. The molecule has 2 N–H and O–H groups in total. The van der Waals surface area contributed by atoms with Crippen LogP contribution >= 0.6 is 0 Å². The summed E-state index contributed by atoms with van der Waals surface area (Å²) in [6, 6.07) is 3.50. The quantitative estimate of drug-likeness (QED) is 0.830. The van der Waals surface area contributed by atoms with E-state index in [0.717, 1.165) is 6.07 Å². The van der Waals surface area contributed by atoms with Crippen LogP contribution < -0.4 is 5.73 Å². The van der Waals surface area contributed by atoms with Gasteiger partial charge in [-0.15, -0.1) is 0 Å². The summed E-state index contributed by atoms with van der Waals surface area (Å²) >= 11 is 0. The van der Waals surface area contributed by atoms with Crippen LogP contribution in [0.2, 0.25) is 0 Å². The van der Waals surface area contributed by atoms with Crippen molar-refractivity contribution in [1.29, 1.82) is 0 Å². The number of nitrogens with two attached hydrogens (primary N) is 1. The third-order valence-electron chi connectivity index (χ3n) is 3.15. The van der Waals surface area contributed by atoms with Crippen LogP contribution in [0.15, 0.2) is 23.1 Å². The average Bonchev–Trinajstić information content (AvgIpc) is 2.35. The van der Waals surface area contributed by atoms with Crippen molar-refractivity contribution in [2.24, 2.45) is 0 Å². The largest absolute Gasteiger partial charge is 0.395 e. The van der Waals surface area contributed by atoms with E-state index in [1.807, 2.05) is 0 Å². The van der Waals surface area contributed by atoms with Gasteiger partial charge in [-0.25, -0.2) is 12.8 Å². The van der Waals surface area contributed by atoms with E-state index in [9.17, 15) is 12.8 Å². The van der Waals surface area contributed by atoms with Gasteiger partial charge < -0.3 is 10.5 Å². The number of sulfonamides is 1. The lowest BCUT2D eigenvalue weighted by Gasteiger charge is -2.35. The van der Waals surface area contributed by atoms with Crippen LogP contribution in [-0.2, 0) is 14.8 Å². The van der Waals surface area contributed by atoms with E-state index < -0.39 is 15.8 Å². The standard InChI is InChI=1S/C12H17FN2O3S/c1-8-7-18-9(2)6-15(8)19(16,17)11-5-3-4-10(13)12(11)14/h3-5,8-9H,6-7,14H2,1-2H3. The summed E-state index contributed by atoms with van der Waals surface area (Å²) < 4.78 is 45.2. The van der Waals surface area contributed by atoms with Gasteiger partial charge in [-0.1, -0.05) is 6.07 Å². The molecule has 1 saturated heterocycles. The Morgan fingerprint density at radius 1 is 1.42 bits per heavy atom. The fourth-order valence-corrected chi connectivity index (χ4v) is 3.90. The van der Waals surface area contributed by atoms with Gasteiger partial charge in [0.25, 0.3) is 0 Å². The first-order chi connectivity index (χ1) is 8.84. The van der Waals surface area contributed by atoms with Gasteiger partial charge in [0.05, 0.1) is 18.4 Å². The molecule has 2 atom stereocenters. The monoisotopic (exact) mass is 288 g/mol. The van der Waals surface area contributed by atoms with Gasteiger partial charge >= 0.3 is 0 Å². The van der Waals surface area contributed by atoms with Crippen molar-refractivity contribution in [1.82, 2.24) is 4.31 Å². The molecule has 0 saturated carbocycles. The predicted molar refractivity (Wildman–Crippen MR) is 69.6 cm³/mol. The molecule has 1 aliphatic rings. The van der Waals surface area contributed by atoms with Crippen LogP contribution in [0.4, 0.5) is 10.1 Å². The molecule has 0 amide bonds. The number of morpholine rings is 1. The first-order valence-electron chi connectivity index (χ1n) is 6.01. The first-order valence-corrected chi connectivity index (χ1v) is 7.45. The second kappa shape index (κ2) is 5.07. The van der Waals surface area contributed by atoms with Crippen LogP contribution in [-0.4, -0.2) is 38.0 Å². The number of ether oxygens (including phenoxy) is 1. The van der Waals surface area contributed by atoms with E-state index >= 15 is 0 Å². The second-order valence-electron chi connectivity index (χ2n) is 4.72. The van der Waals surface area contributed by atoms with Crippen LogP contribution in [0.3, 0.4) is 0 Å². The number of hydrogen-bond acceptors (Lipinski definition) is 4. The number of anilines is 1. The van der Waals surface area contributed by atoms with Crippen LogP contribution in [0.25, 0.3) is 0 Å². The minimum atomic E-state index is -3.81. The number of halogens is 1. The molecule has 0 aromatic heterocycles. The molecule has 0 bridgehead atoms. The lowest BCUT2D eigenvalue weighted by Crippen LogP contribution is -2.50. The molecule has 0 aliphatic carbocycles. The smallest absolute Gasteiger partial charge is 0.245 e. The molecule has 106 valence electrons. The maximum atomic E-state index is 13.4. The molecular formula is C12H17FN2O3S. The summed E-state index contributed by atoms with van der Waals surface area (Å²) in [5, 5.41) is 0. The average molecular weight is 288 g/mol. The predicted octanol–water partition coefficient (Wildman–Crippen LogP) is 1.21. The number of nitrogen functional groups attached to an aromatic ring is 1. The normalized spacial score (nSPS) is 25.4. The van der Waals surface area contributed by atoms with Crippen LogP contribution in [0, 0.1) is 5.82 Å². The minimum absolute atomic E-state index is 0.187. The fraction of sp³-hybridized carbons (Fsp3) is 0.500. The second-order valence-corrected chi connectivity index (χ2v) is 6.58. The van der Waals surface area contributed by atoms with Crippen molar-refractivity contribution >= 4 is 15.7 Å². The molecule has 0 spiro atoms. The molecule has 0 radical (unpaired) electrons. The highest BCUT2D eigenvalue weighted by molar-refractivity contribution is 7.89. The lowest BCUT2D eigenvalue weighted by molar-refractivity contribution is -0.0170. The number of rotatable bonds is 2. The Balaban J connectivity index is 2.44. The van der Waals surface area contributed by atoms with Gasteiger partial charge in [-0.2, -0.15) is 4.31 Å². The SMILES string of the molecule is CC1CN(S(=O)(=O)c2cccc(F)c2N)C(C)CO1. The maximum Gasteiger partial charge on any atom is 0.245 e. The Morgan fingerprint density at radius 2 is 2.11 bits per heavy atom. The molecule has 1 aromatic rings. The van der Waals surface area contributed by atoms with E-state index in [1.165, 1.54) is 16.4 Å². The molecule has 7 heteroatoms. The summed E-state index contributed by atoms with van der Waals surface area (Å²) in [7, 11) is -3.81. The number of nitrogens with zero attached hydrogens (tertiary/aromatic N) is 1. The van der Waals surface area contributed by atoms with Crippen LogP contribution in [0.5, 0.6) is 0 Å². The molecule has 2 unspecified atom stereocenters. The minimum Gasteiger partial charge on any atom is -0.395 e. The molecule has 19 heavy (non-hydrogen) atoms. The molecular weight excluding hydrogens is 271 g/mol. The van der Waals surface area contributed by atoms with Crippen molar-refractivity contribution < 1.29 is 17.5 Å². The van der Waals surface area contributed by atoms with E-state index in [1.54, 1.807) is 13.8 Å². The summed E-state index contributed by atoms with van der Waals surface area (Å²) in [5.41, 5.74) is 5.20. The van der Waals surface area contributed by atoms with Crippen molar-refractivity contribution in [2.75, 3.05) is 18.9 Å². The molecule has 1 heterocycles. The zero-order chi connectivity index (χ0) is 14.2. The highest BCUT2D eigenvalue weighted by Crippen LogP contribution is 2.27. The molecule has 1 aromatic carbocycles. The molecule has 1 fully saturated rings. The third kappa shape index (κ3) is 2.58. The number of benzene rings is 1. The van der Waals surface area contributed by atoms with Gasteiger partial charge in [0.15, 0.2) is 0 Å². The van der Waals surface area contributed by atoms with Gasteiger partial charge in [0.1, 0.15) is 10.7 Å². The van der Waals surface area contributed by atoms with E-state index in [-0.39, 0.29) is 29.3 Å². The molecule has 5 nitrogen and oxygen atoms in total. The zero-order valence-corrected chi connectivity index (χ0v) is 11.7. The van der Waals surface area contributed by atoms with Gasteiger partial charge in [0, 0.05) is 12.6 Å². The maximum absolute atomic E-state index is 13.4. The van der Waals surface area contributed by atoms with Gasteiger partial charge in [-0.05, 0) is 26.0 Å². The zero-order valence-electron chi connectivity index (χ0n) is 10.8.